The van der Waals surface area contributed by atoms with E-state index in [0.717, 1.165) is 13.1 Å². The van der Waals surface area contributed by atoms with Crippen LogP contribution in [0.2, 0.25) is 0 Å². The molecule has 94 valence electrons. The first-order valence-electron chi connectivity index (χ1n) is 6.04. The molecule has 0 aromatic rings. The Morgan fingerprint density at radius 1 is 1.44 bits per heavy atom. The van der Waals surface area contributed by atoms with Gasteiger partial charge in [0.25, 0.3) is 0 Å². The third-order valence-corrected chi connectivity index (χ3v) is 2.60. The molecule has 1 aliphatic rings. The highest BCUT2D eigenvalue weighted by Gasteiger charge is 2.20. The molecule has 0 saturated carbocycles. The number of amides is 1. The zero-order valence-electron chi connectivity index (χ0n) is 10.8. The number of nitrogens with one attached hydrogen (secondary N) is 2. The highest BCUT2D eigenvalue weighted by atomic mass is 16.6. The molecule has 4 nitrogen and oxygen atoms in total. The second-order valence-electron chi connectivity index (χ2n) is 5.75. The number of carbonyl (C=O) groups excluding carboxylic acids is 1. The van der Waals surface area contributed by atoms with E-state index in [-0.39, 0.29) is 6.09 Å². The van der Waals surface area contributed by atoms with Crippen molar-refractivity contribution in [1.29, 1.82) is 0 Å². The summed E-state index contributed by atoms with van der Waals surface area (Å²) in [5.41, 5.74) is -0.414. The van der Waals surface area contributed by atoms with Crippen LogP contribution in [0.4, 0.5) is 4.79 Å². The van der Waals surface area contributed by atoms with E-state index in [4.69, 9.17) is 4.74 Å². The second kappa shape index (κ2) is 5.53. The van der Waals surface area contributed by atoms with Crippen LogP contribution in [-0.2, 0) is 4.74 Å². The van der Waals surface area contributed by atoms with Crippen LogP contribution in [0.1, 0.15) is 34.1 Å². The van der Waals surface area contributed by atoms with Gasteiger partial charge in [-0.25, -0.2) is 4.79 Å². The standard InChI is InChI=1S/C12H24N2O2/c1-9-5-10(7-13-6-9)8-14-11(15)16-12(2,3)4/h9-10,13H,5-8H2,1-4H3,(H,14,15)/t9-,10+/m0/s1. The molecule has 1 aliphatic heterocycles. The van der Waals surface area contributed by atoms with Crippen molar-refractivity contribution in [2.75, 3.05) is 19.6 Å². The minimum Gasteiger partial charge on any atom is -0.444 e. The fraction of sp³-hybridized carbons (Fsp3) is 0.917. The van der Waals surface area contributed by atoms with Crippen molar-refractivity contribution in [3.63, 3.8) is 0 Å². The molecule has 0 aliphatic carbocycles. The van der Waals surface area contributed by atoms with Crippen molar-refractivity contribution in [3.05, 3.63) is 0 Å². The fourth-order valence-corrected chi connectivity index (χ4v) is 1.97. The van der Waals surface area contributed by atoms with E-state index < -0.39 is 5.60 Å². The number of rotatable bonds is 2. The number of carbonyl (C=O) groups is 1. The van der Waals surface area contributed by atoms with Crippen molar-refractivity contribution in [3.8, 4) is 0 Å². The molecule has 1 fully saturated rings. The van der Waals surface area contributed by atoms with Crippen molar-refractivity contribution >= 4 is 6.09 Å². The summed E-state index contributed by atoms with van der Waals surface area (Å²) in [5.74, 6) is 1.22. The third kappa shape index (κ3) is 5.35. The normalized spacial score (nSPS) is 26.2. The van der Waals surface area contributed by atoms with E-state index in [2.05, 4.69) is 17.6 Å². The molecule has 4 heteroatoms. The lowest BCUT2D eigenvalue weighted by molar-refractivity contribution is 0.0514. The van der Waals surface area contributed by atoms with Crippen LogP contribution >= 0.6 is 0 Å². The second-order valence-corrected chi connectivity index (χ2v) is 5.75. The maximum Gasteiger partial charge on any atom is 0.407 e. The summed E-state index contributed by atoms with van der Waals surface area (Å²) in [7, 11) is 0. The molecule has 1 rings (SSSR count). The Bertz CT molecular complexity index is 236. The summed E-state index contributed by atoms with van der Waals surface area (Å²) in [6, 6.07) is 0. The summed E-state index contributed by atoms with van der Waals surface area (Å²) in [6.07, 6.45) is 0.855. The predicted octanol–water partition coefficient (Wildman–Crippen LogP) is 1.76. The Hall–Kier alpha value is -0.770. The molecule has 0 unspecified atom stereocenters. The molecule has 0 spiro atoms. The number of piperidine rings is 1. The Morgan fingerprint density at radius 3 is 2.69 bits per heavy atom. The van der Waals surface area contributed by atoms with E-state index in [0.29, 0.717) is 18.4 Å². The highest BCUT2D eigenvalue weighted by molar-refractivity contribution is 5.67. The Balaban J connectivity index is 2.21. The van der Waals surface area contributed by atoms with Crippen LogP contribution in [0.25, 0.3) is 0 Å². The number of alkyl carbamates (subject to hydrolysis) is 1. The molecule has 2 atom stereocenters. The molecule has 1 amide bonds. The fourth-order valence-electron chi connectivity index (χ4n) is 1.97. The van der Waals surface area contributed by atoms with Gasteiger partial charge < -0.3 is 15.4 Å². The van der Waals surface area contributed by atoms with Crippen molar-refractivity contribution in [2.45, 2.75) is 39.7 Å². The van der Waals surface area contributed by atoms with Gasteiger partial charge in [-0.3, -0.25) is 0 Å². The van der Waals surface area contributed by atoms with Crippen LogP contribution in [0.3, 0.4) is 0 Å². The van der Waals surface area contributed by atoms with Crippen molar-refractivity contribution in [2.24, 2.45) is 11.8 Å². The van der Waals surface area contributed by atoms with Gasteiger partial charge in [0, 0.05) is 6.54 Å². The summed E-state index contributed by atoms with van der Waals surface area (Å²) in [4.78, 5) is 11.4. The molecule has 1 heterocycles. The Morgan fingerprint density at radius 2 is 2.12 bits per heavy atom. The van der Waals surface area contributed by atoms with Crippen LogP contribution in [0.15, 0.2) is 0 Å². The lowest BCUT2D eigenvalue weighted by Crippen LogP contribution is -2.42. The smallest absolute Gasteiger partial charge is 0.407 e. The predicted molar refractivity (Wildman–Crippen MR) is 64.4 cm³/mol. The Labute approximate surface area is 98.1 Å². The lowest BCUT2D eigenvalue weighted by Gasteiger charge is -2.28. The quantitative estimate of drug-likeness (QED) is 0.757. The topological polar surface area (TPSA) is 50.4 Å². The van der Waals surface area contributed by atoms with E-state index in [1.807, 2.05) is 20.8 Å². The van der Waals surface area contributed by atoms with E-state index in [9.17, 15) is 4.79 Å². The molecule has 1 saturated heterocycles. The number of ether oxygens (including phenoxy) is 1. The lowest BCUT2D eigenvalue weighted by atomic mass is 9.92. The zero-order chi connectivity index (χ0) is 12.2. The third-order valence-electron chi connectivity index (χ3n) is 2.60. The summed E-state index contributed by atoms with van der Waals surface area (Å²) < 4.78 is 5.19. The van der Waals surface area contributed by atoms with Crippen molar-refractivity contribution in [1.82, 2.24) is 10.6 Å². The van der Waals surface area contributed by atoms with Gasteiger partial charge in [-0.15, -0.1) is 0 Å². The first-order valence-corrected chi connectivity index (χ1v) is 6.04. The highest BCUT2D eigenvalue weighted by Crippen LogP contribution is 2.15. The summed E-state index contributed by atoms with van der Waals surface area (Å²) in [6.45, 7) is 10.6. The molecule has 0 aromatic heterocycles. The average Bonchev–Trinajstić information content (AvgIpc) is 2.12. The minimum atomic E-state index is -0.414. The molecule has 0 aromatic carbocycles. The summed E-state index contributed by atoms with van der Waals surface area (Å²) >= 11 is 0. The van der Waals surface area contributed by atoms with Crippen LogP contribution in [0, 0.1) is 11.8 Å². The minimum absolute atomic E-state index is 0.314. The molecular weight excluding hydrogens is 204 g/mol. The maximum absolute atomic E-state index is 11.4. The molecular formula is C12H24N2O2. The van der Waals surface area contributed by atoms with Gasteiger partial charge >= 0.3 is 6.09 Å². The molecule has 0 radical (unpaired) electrons. The maximum atomic E-state index is 11.4. The van der Waals surface area contributed by atoms with Gasteiger partial charge in [0.2, 0.25) is 0 Å². The van der Waals surface area contributed by atoms with Crippen LogP contribution in [-0.4, -0.2) is 31.3 Å². The Kier molecular flexibility index (Phi) is 4.59. The van der Waals surface area contributed by atoms with Gasteiger partial charge in [0.15, 0.2) is 0 Å². The van der Waals surface area contributed by atoms with Gasteiger partial charge in [-0.05, 0) is 52.1 Å². The SMILES string of the molecule is C[C@@H]1CNC[C@H](CNC(=O)OC(C)(C)C)C1. The van der Waals surface area contributed by atoms with Crippen LogP contribution in [0.5, 0.6) is 0 Å². The largest absolute Gasteiger partial charge is 0.444 e. The van der Waals surface area contributed by atoms with E-state index in [1.54, 1.807) is 0 Å². The molecule has 2 N–H and O–H groups in total. The number of hydrogen-bond acceptors (Lipinski definition) is 3. The number of hydrogen-bond donors (Lipinski definition) is 2. The van der Waals surface area contributed by atoms with Gasteiger partial charge in [-0.1, -0.05) is 6.92 Å². The monoisotopic (exact) mass is 228 g/mol. The first-order chi connectivity index (χ1) is 7.37. The summed E-state index contributed by atoms with van der Waals surface area (Å²) in [5, 5.41) is 6.19. The van der Waals surface area contributed by atoms with Gasteiger partial charge in [0.05, 0.1) is 0 Å². The molecule has 0 bridgehead atoms. The van der Waals surface area contributed by atoms with E-state index in [1.165, 1.54) is 6.42 Å². The average molecular weight is 228 g/mol. The van der Waals surface area contributed by atoms with Gasteiger partial charge in [-0.2, -0.15) is 0 Å². The molecule has 16 heavy (non-hydrogen) atoms. The first kappa shape index (κ1) is 13.3. The van der Waals surface area contributed by atoms with Crippen LogP contribution < -0.4 is 10.6 Å². The van der Waals surface area contributed by atoms with Crippen molar-refractivity contribution < 1.29 is 9.53 Å². The zero-order valence-corrected chi connectivity index (χ0v) is 10.8. The van der Waals surface area contributed by atoms with E-state index >= 15 is 0 Å². The van der Waals surface area contributed by atoms with Gasteiger partial charge in [0.1, 0.15) is 5.60 Å².